The summed E-state index contributed by atoms with van der Waals surface area (Å²) in [7, 11) is 3.26. The lowest BCUT2D eigenvalue weighted by Crippen LogP contribution is -2.24. The van der Waals surface area contributed by atoms with Crippen LogP contribution in [0.4, 0.5) is 0 Å². The van der Waals surface area contributed by atoms with E-state index in [1.807, 2.05) is 6.07 Å². The largest absolute Gasteiger partial charge is 0.402 e. The van der Waals surface area contributed by atoms with Crippen LogP contribution in [0.15, 0.2) is 36.5 Å². The van der Waals surface area contributed by atoms with Gasteiger partial charge in [0.2, 0.25) is 5.88 Å². The average molecular weight is 285 g/mol. The molecular formula is C15H15N3O3. The summed E-state index contributed by atoms with van der Waals surface area (Å²) in [5.74, 6) is -0.700. The maximum absolute atomic E-state index is 11.9. The van der Waals surface area contributed by atoms with Gasteiger partial charge in [-0.3, -0.25) is 4.79 Å². The molecule has 0 atom stereocenters. The summed E-state index contributed by atoms with van der Waals surface area (Å²) in [6.07, 6.45) is 1.27. The van der Waals surface area contributed by atoms with Gasteiger partial charge in [0.25, 0.3) is 5.91 Å². The molecule has 1 heterocycles. The number of esters is 1. The first-order valence-electron chi connectivity index (χ1n) is 6.31. The first-order valence-corrected chi connectivity index (χ1v) is 6.31. The van der Waals surface area contributed by atoms with Crippen molar-refractivity contribution < 1.29 is 14.3 Å². The molecule has 2 aromatic rings. The fraction of sp³-hybridized carbons (Fsp3) is 0.200. The molecule has 6 heteroatoms. The first-order chi connectivity index (χ1) is 9.99. The SMILES string of the molecule is Cc1nc(OC(=O)c2ccccc2)cnc1C(=O)N(C)C. The zero-order chi connectivity index (χ0) is 15.4. The van der Waals surface area contributed by atoms with E-state index in [9.17, 15) is 9.59 Å². The summed E-state index contributed by atoms with van der Waals surface area (Å²) in [4.78, 5) is 33.2. The molecule has 0 aliphatic rings. The van der Waals surface area contributed by atoms with Crippen molar-refractivity contribution in [1.82, 2.24) is 14.9 Å². The Morgan fingerprint density at radius 1 is 1.14 bits per heavy atom. The Balaban J connectivity index is 2.18. The number of hydrogen-bond acceptors (Lipinski definition) is 5. The van der Waals surface area contributed by atoms with E-state index < -0.39 is 5.97 Å². The predicted octanol–water partition coefficient (Wildman–Crippen LogP) is 1.71. The highest BCUT2D eigenvalue weighted by Crippen LogP contribution is 2.12. The molecular weight excluding hydrogens is 270 g/mol. The monoisotopic (exact) mass is 285 g/mol. The highest BCUT2D eigenvalue weighted by molar-refractivity contribution is 5.93. The van der Waals surface area contributed by atoms with Crippen LogP contribution < -0.4 is 4.74 Å². The molecule has 2 rings (SSSR count). The molecule has 6 nitrogen and oxygen atoms in total. The zero-order valence-electron chi connectivity index (χ0n) is 12.0. The van der Waals surface area contributed by atoms with Crippen LogP contribution in [-0.4, -0.2) is 40.8 Å². The van der Waals surface area contributed by atoms with E-state index in [0.717, 1.165) is 0 Å². The Labute approximate surface area is 122 Å². The quantitative estimate of drug-likeness (QED) is 0.803. The Hall–Kier alpha value is -2.76. The van der Waals surface area contributed by atoms with Gasteiger partial charge in [-0.25, -0.2) is 14.8 Å². The van der Waals surface area contributed by atoms with Crippen LogP contribution in [0.25, 0.3) is 0 Å². The van der Waals surface area contributed by atoms with E-state index in [2.05, 4.69) is 9.97 Å². The molecule has 0 bridgehead atoms. The van der Waals surface area contributed by atoms with Crippen molar-refractivity contribution >= 4 is 11.9 Å². The van der Waals surface area contributed by atoms with Crippen LogP contribution in [0, 0.1) is 6.92 Å². The number of hydrogen-bond donors (Lipinski definition) is 0. The molecule has 0 radical (unpaired) electrons. The van der Waals surface area contributed by atoms with Crippen molar-refractivity contribution in [3.05, 3.63) is 53.5 Å². The first kappa shape index (κ1) is 14.6. The minimum Gasteiger partial charge on any atom is -0.402 e. The fourth-order valence-corrected chi connectivity index (χ4v) is 1.66. The average Bonchev–Trinajstić information content (AvgIpc) is 2.47. The number of benzene rings is 1. The molecule has 0 fully saturated rings. The van der Waals surface area contributed by atoms with E-state index in [4.69, 9.17) is 4.74 Å². The standard InChI is InChI=1S/C15H15N3O3/c1-10-13(14(19)18(2)3)16-9-12(17-10)21-15(20)11-7-5-4-6-8-11/h4-9H,1-3H3. The van der Waals surface area contributed by atoms with E-state index in [1.54, 1.807) is 45.3 Å². The van der Waals surface area contributed by atoms with Gasteiger partial charge in [0.1, 0.15) is 5.69 Å². The van der Waals surface area contributed by atoms with Gasteiger partial charge in [-0.15, -0.1) is 0 Å². The molecule has 1 amide bonds. The minimum atomic E-state index is -0.518. The van der Waals surface area contributed by atoms with Gasteiger partial charge in [0.15, 0.2) is 0 Å². The van der Waals surface area contributed by atoms with E-state index in [0.29, 0.717) is 11.3 Å². The molecule has 0 aliphatic carbocycles. The van der Waals surface area contributed by atoms with Crippen molar-refractivity contribution in [2.45, 2.75) is 6.92 Å². The highest BCUT2D eigenvalue weighted by Gasteiger charge is 2.16. The van der Waals surface area contributed by atoms with Crippen LogP contribution in [0.5, 0.6) is 5.88 Å². The molecule has 21 heavy (non-hydrogen) atoms. The summed E-state index contributed by atoms with van der Waals surface area (Å²) in [6.45, 7) is 1.64. The summed E-state index contributed by atoms with van der Waals surface area (Å²) < 4.78 is 5.14. The Morgan fingerprint density at radius 3 is 2.38 bits per heavy atom. The molecule has 0 saturated carbocycles. The summed E-state index contributed by atoms with van der Waals surface area (Å²) in [6, 6.07) is 8.58. The van der Waals surface area contributed by atoms with Crippen LogP contribution >= 0.6 is 0 Å². The summed E-state index contributed by atoms with van der Waals surface area (Å²) in [5, 5.41) is 0. The minimum absolute atomic E-state index is 0.0664. The lowest BCUT2D eigenvalue weighted by Gasteiger charge is -2.11. The number of rotatable bonds is 3. The van der Waals surface area contributed by atoms with E-state index in [1.165, 1.54) is 11.1 Å². The number of aromatic nitrogens is 2. The number of aryl methyl sites for hydroxylation is 1. The molecule has 0 spiro atoms. The fourth-order valence-electron chi connectivity index (χ4n) is 1.66. The number of nitrogens with zero attached hydrogens (tertiary/aromatic N) is 3. The second-order valence-corrected chi connectivity index (χ2v) is 4.60. The Kier molecular flexibility index (Phi) is 4.27. The van der Waals surface area contributed by atoms with Crippen LogP contribution in [0.2, 0.25) is 0 Å². The van der Waals surface area contributed by atoms with Crippen LogP contribution in [-0.2, 0) is 0 Å². The third-order valence-corrected chi connectivity index (χ3v) is 2.74. The number of amides is 1. The van der Waals surface area contributed by atoms with Crippen molar-refractivity contribution in [2.75, 3.05) is 14.1 Å². The second kappa shape index (κ2) is 6.13. The lowest BCUT2D eigenvalue weighted by molar-refractivity contribution is 0.0726. The maximum Gasteiger partial charge on any atom is 0.344 e. The molecule has 0 saturated heterocycles. The highest BCUT2D eigenvalue weighted by atomic mass is 16.5. The van der Waals surface area contributed by atoms with Crippen LogP contribution in [0.3, 0.4) is 0 Å². The van der Waals surface area contributed by atoms with Gasteiger partial charge in [-0.1, -0.05) is 18.2 Å². The van der Waals surface area contributed by atoms with Gasteiger partial charge in [0.05, 0.1) is 17.5 Å². The summed E-state index contributed by atoms with van der Waals surface area (Å²) in [5.41, 5.74) is 1.07. The molecule has 1 aromatic carbocycles. The summed E-state index contributed by atoms with van der Waals surface area (Å²) >= 11 is 0. The van der Waals surface area contributed by atoms with Crippen molar-refractivity contribution in [3.63, 3.8) is 0 Å². The number of carbonyl (C=O) groups excluding carboxylic acids is 2. The van der Waals surface area contributed by atoms with E-state index in [-0.39, 0.29) is 17.5 Å². The Morgan fingerprint density at radius 2 is 1.81 bits per heavy atom. The third-order valence-electron chi connectivity index (χ3n) is 2.74. The zero-order valence-corrected chi connectivity index (χ0v) is 12.0. The smallest absolute Gasteiger partial charge is 0.344 e. The van der Waals surface area contributed by atoms with E-state index >= 15 is 0 Å². The number of carbonyl (C=O) groups is 2. The number of ether oxygens (including phenoxy) is 1. The molecule has 1 aromatic heterocycles. The van der Waals surface area contributed by atoms with Crippen LogP contribution in [0.1, 0.15) is 26.5 Å². The lowest BCUT2D eigenvalue weighted by atomic mass is 10.2. The van der Waals surface area contributed by atoms with Crippen molar-refractivity contribution in [2.24, 2.45) is 0 Å². The predicted molar refractivity (Wildman–Crippen MR) is 76.2 cm³/mol. The third kappa shape index (κ3) is 3.42. The van der Waals surface area contributed by atoms with Gasteiger partial charge in [-0.05, 0) is 19.1 Å². The molecule has 0 unspecified atom stereocenters. The normalized spacial score (nSPS) is 10.0. The van der Waals surface area contributed by atoms with Crippen molar-refractivity contribution in [1.29, 1.82) is 0 Å². The van der Waals surface area contributed by atoms with Gasteiger partial charge in [0, 0.05) is 14.1 Å². The van der Waals surface area contributed by atoms with Gasteiger partial charge < -0.3 is 9.64 Å². The molecule has 108 valence electrons. The topological polar surface area (TPSA) is 72.4 Å². The van der Waals surface area contributed by atoms with Crippen molar-refractivity contribution in [3.8, 4) is 5.88 Å². The second-order valence-electron chi connectivity index (χ2n) is 4.60. The molecule has 0 N–H and O–H groups in total. The molecule has 0 aliphatic heterocycles. The van der Waals surface area contributed by atoms with Gasteiger partial charge >= 0.3 is 5.97 Å². The van der Waals surface area contributed by atoms with Gasteiger partial charge in [-0.2, -0.15) is 0 Å². The Bertz CT molecular complexity index is 669. The maximum atomic E-state index is 11.9.